The molecule has 282 valence electrons. The van der Waals surface area contributed by atoms with E-state index in [4.69, 9.17) is 0 Å². The van der Waals surface area contributed by atoms with Crippen molar-refractivity contribution in [3.63, 3.8) is 0 Å². The van der Waals surface area contributed by atoms with Crippen LogP contribution in [0.25, 0.3) is 0 Å². The number of halogens is 17. The first-order valence-electron chi connectivity index (χ1n) is 14.4. The minimum Gasteiger partial charge on any atom is -0.210 e. The predicted octanol–water partition coefficient (Wildman–Crippen LogP) is 10.9. The molecule has 0 aliphatic heterocycles. The Labute approximate surface area is 260 Å². The molecule has 0 saturated carbocycles. The fourth-order valence-electron chi connectivity index (χ4n) is 3.99. The Kier molecular flexibility index (Phi) is 16.4. The van der Waals surface area contributed by atoms with Gasteiger partial charge >= 0.3 is 47.0 Å². The number of alkyl halides is 17. The predicted molar refractivity (Wildman–Crippen MR) is 137 cm³/mol. The molecule has 21 heteroatoms. The Balaban J connectivity index is 5.18. The zero-order valence-electron chi connectivity index (χ0n) is 24.9. The monoisotopic (exact) mass is 749 g/mol. The van der Waals surface area contributed by atoms with Crippen LogP contribution in [0.1, 0.15) is 96.8 Å². The van der Waals surface area contributed by atoms with Gasteiger partial charge in [0, 0.05) is 6.54 Å². The number of rotatable bonds is 24. The number of hydrogen-bond acceptors (Lipinski definition) is 2. The van der Waals surface area contributed by atoms with Crippen LogP contribution in [0.2, 0.25) is 0 Å². The molecule has 0 aromatic carbocycles. The third-order valence-corrected chi connectivity index (χ3v) is 8.53. The first kappa shape index (κ1) is 45.5. The van der Waals surface area contributed by atoms with Crippen molar-refractivity contribution >= 4 is 10.0 Å². The molecule has 0 saturated heterocycles. The van der Waals surface area contributed by atoms with E-state index >= 15 is 0 Å². The average molecular weight is 750 g/mol. The molecule has 0 rings (SSSR count). The van der Waals surface area contributed by atoms with Crippen LogP contribution in [0, 0.1) is 0 Å². The second-order valence-electron chi connectivity index (χ2n) is 10.8. The van der Waals surface area contributed by atoms with Crippen LogP contribution in [0.15, 0.2) is 12.2 Å². The van der Waals surface area contributed by atoms with Gasteiger partial charge in [0.2, 0.25) is 0 Å². The summed E-state index contributed by atoms with van der Waals surface area (Å²) in [6.45, 7) is 0.896. The van der Waals surface area contributed by atoms with Gasteiger partial charge in [-0.1, -0.05) is 76.9 Å². The van der Waals surface area contributed by atoms with Crippen molar-refractivity contribution in [2.45, 2.75) is 144 Å². The van der Waals surface area contributed by atoms with Gasteiger partial charge in [0.25, 0.3) is 10.0 Å². The molecular formula is C26H36F17NO2S. The van der Waals surface area contributed by atoms with Gasteiger partial charge in [0.1, 0.15) is 0 Å². The van der Waals surface area contributed by atoms with E-state index in [9.17, 15) is 83.1 Å². The molecule has 0 atom stereocenters. The van der Waals surface area contributed by atoms with Crippen molar-refractivity contribution < 1.29 is 83.1 Å². The standard InChI is InChI=1S/C26H36F17NO2S/c1-2-3-4-5-6-7-8-9-10-11-12-13-14-15-16-17-18-44-47(45,46)26(42,43)24(37,38)22(33,34)20(29,30)19(27,28)21(31,32)23(35,36)25(39,40)41/h9-10,44H,2-8,11-18H2,1H3. The normalized spacial score (nSPS) is 15.2. The highest BCUT2D eigenvalue weighted by atomic mass is 32.2. The highest BCUT2D eigenvalue weighted by molar-refractivity contribution is 7.90. The lowest BCUT2D eigenvalue weighted by Crippen LogP contribution is -2.75. The molecule has 0 spiro atoms. The lowest BCUT2D eigenvalue weighted by atomic mass is 9.91. The minimum absolute atomic E-state index is 0.0291. The molecule has 0 aromatic heterocycles. The number of nitrogens with one attached hydrogen (secondary N) is 1. The summed E-state index contributed by atoms with van der Waals surface area (Å²) in [5.74, 6) is -51.5. The van der Waals surface area contributed by atoms with E-state index in [-0.39, 0.29) is 6.42 Å². The van der Waals surface area contributed by atoms with Gasteiger partial charge < -0.3 is 0 Å². The molecule has 0 heterocycles. The summed E-state index contributed by atoms with van der Waals surface area (Å²) >= 11 is 0. The molecule has 0 amide bonds. The molecule has 0 aliphatic rings. The summed E-state index contributed by atoms with van der Waals surface area (Å²) in [5.41, 5.74) is 0. The first-order chi connectivity index (χ1) is 21.1. The fourth-order valence-corrected chi connectivity index (χ4v) is 5.05. The molecule has 47 heavy (non-hydrogen) atoms. The van der Waals surface area contributed by atoms with Crippen molar-refractivity contribution in [3.05, 3.63) is 12.2 Å². The van der Waals surface area contributed by atoms with Gasteiger partial charge in [0.05, 0.1) is 0 Å². The summed E-state index contributed by atoms with van der Waals surface area (Å²) in [6, 6.07) is 0. The molecule has 0 aromatic rings. The second-order valence-corrected chi connectivity index (χ2v) is 12.6. The second kappa shape index (κ2) is 16.9. The Morgan fingerprint density at radius 3 is 1.15 bits per heavy atom. The Morgan fingerprint density at radius 1 is 0.447 bits per heavy atom. The van der Waals surface area contributed by atoms with Gasteiger partial charge in [-0.05, 0) is 32.1 Å². The van der Waals surface area contributed by atoms with E-state index in [0.717, 1.165) is 38.5 Å². The average Bonchev–Trinajstić information content (AvgIpc) is 2.93. The van der Waals surface area contributed by atoms with Crippen LogP contribution >= 0.6 is 0 Å². The van der Waals surface area contributed by atoms with E-state index in [0.29, 0.717) is 24.0 Å². The highest BCUT2D eigenvalue weighted by Gasteiger charge is 2.96. The van der Waals surface area contributed by atoms with Crippen molar-refractivity contribution in [2.75, 3.05) is 6.54 Å². The third kappa shape index (κ3) is 9.80. The van der Waals surface area contributed by atoms with E-state index in [1.54, 1.807) is 0 Å². The maximum Gasteiger partial charge on any atom is 0.460 e. The van der Waals surface area contributed by atoms with Crippen molar-refractivity contribution in [3.8, 4) is 0 Å². The number of sulfonamides is 1. The maximum atomic E-state index is 14.0. The Morgan fingerprint density at radius 2 is 0.766 bits per heavy atom. The van der Waals surface area contributed by atoms with E-state index in [2.05, 4.69) is 6.92 Å². The zero-order chi connectivity index (χ0) is 37.2. The van der Waals surface area contributed by atoms with Crippen molar-refractivity contribution in [1.82, 2.24) is 4.72 Å². The lowest BCUT2D eigenvalue weighted by Gasteiger charge is -2.42. The largest absolute Gasteiger partial charge is 0.460 e. The van der Waals surface area contributed by atoms with Crippen LogP contribution in [-0.2, 0) is 10.0 Å². The fraction of sp³-hybridized carbons (Fsp3) is 0.923. The van der Waals surface area contributed by atoms with Crippen LogP contribution < -0.4 is 4.72 Å². The molecule has 0 unspecified atom stereocenters. The highest BCUT2D eigenvalue weighted by Crippen LogP contribution is 2.64. The van der Waals surface area contributed by atoms with E-state index < -0.39 is 70.0 Å². The first-order valence-corrected chi connectivity index (χ1v) is 15.9. The Bertz CT molecular complexity index is 1070. The summed E-state index contributed by atoms with van der Waals surface area (Å²) in [6.07, 6.45) is 6.59. The molecule has 1 N–H and O–H groups in total. The van der Waals surface area contributed by atoms with Gasteiger partial charge in [-0.25, -0.2) is 13.1 Å². The van der Waals surface area contributed by atoms with E-state index in [1.165, 1.54) is 19.3 Å². The summed E-state index contributed by atoms with van der Waals surface area (Å²) in [5, 5.41) is -7.52. The molecule has 0 fully saturated rings. The van der Waals surface area contributed by atoms with Crippen LogP contribution in [0.5, 0.6) is 0 Å². The number of unbranched alkanes of at least 4 members (excludes halogenated alkanes) is 12. The van der Waals surface area contributed by atoms with Gasteiger partial charge in [-0.15, -0.1) is 0 Å². The SMILES string of the molecule is CCCCCCCCC=CCCCCCCCCNS(=O)(=O)C(F)(F)C(F)(F)C(F)(F)C(F)(F)C(F)(F)C(F)(F)C(F)(F)C(F)(F)F. The molecule has 0 radical (unpaired) electrons. The maximum absolute atomic E-state index is 14.0. The lowest BCUT2D eigenvalue weighted by molar-refractivity contribution is -0.458. The summed E-state index contributed by atoms with van der Waals surface area (Å²) in [4.78, 5) is 0. The van der Waals surface area contributed by atoms with E-state index in [1.807, 2.05) is 12.2 Å². The molecule has 0 bridgehead atoms. The number of hydrogen-bond donors (Lipinski definition) is 1. The van der Waals surface area contributed by atoms with Crippen molar-refractivity contribution in [2.24, 2.45) is 0 Å². The molecular weight excluding hydrogens is 713 g/mol. The Hall–Kier alpha value is -1.54. The van der Waals surface area contributed by atoms with Gasteiger partial charge in [-0.3, -0.25) is 0 Å². The molecule has 3 nitrogen and oxygen atoms in total. The summed E-state index contributed by atoms with van der Waals surface area (Å²) in [7, 11) is -7.23. The topological polar surface area (TPSA) is 46.2 Å². The number of allylic oxidation sites excluding steroid dienone is 2. The van der Waals surface area contributed by atoms with Crippen LogP contribution in [0.4, 0.5) is 74.6 Å². The third-order valence-electron chi connectivity index (χ3n) is 7.01. The minimum atomic E-state index is -8.83. The smallest absolute Gasteiger partial charge is 0.210 e. The van der Waals surface area contributed by atoms with Crippen LogP contribution in [-0.4, -0.2) is 61.9 Å². The van der Waals surface area contributed by atoms with Crippen LogP contribution in [0.3, 0.4) is 0 Å². The molecule has 0 aliphatic carbocycles. The van der Waals surface area contributed by atoms with Gasteiger partial charge in [0.15, 0.2) is 0 Å². The van der Waals surface area contributed by atoms with Crippen molar-refractivity contribution in [1.29, 1.82) is 0 Å². The summed E-state index contributed by atoms with van der Waals surface area (Å²) < 4.78 is 251. The quantitative estimate of drug-likeness (QED) is 0.0607. The zero-order valence-corrected chi connectivity index (χ0v) is 25.7. The van der Waals surface area contributed by atoms with Gasteiger partial charge in [-0.2, -0.15) is 74.6 Å².